The van der Waals surface area contributed by atoms with Gasteiger partial charge in [-0.3, -0.25) is 0 Å². The molecule has 1 nitrogen and oxygen atoms in total. The number of aromatic nitrogens is 1. The topological polar surface area (TPSA) is 12.9 Å². The first-order valence-corrected chi connectivity index (χ1v) is 5.50. The van der Waals surface area contributed by atoms with Crippen molar-refractivity contribution < 1.29 is 30.7 Å². The molecule has 0 saturated heterocycles. The Bertz CT molecular complexity index is 658. The van der Waals surface area contributed by atoms with Crippen LogP contribution in [0.15, 0.2) is 36.4 Å². The van der Waals surface area contributed by atoms with Gasteiger partial charge in [0.05, 0.1) is 5.56 Å². The fraction of sp³-hybridized carbons (Fsp3) is 0.154. The fourth-order valence-corrected chi connectivity index (χ4v) is 1.75. The van der Waals surface area contributed by atoms with E-state index in [9.17, 15) is 30.7 Å². The molecule has 0 unspecified atom stereocenters. The van der Waals surface area contributed by atoms with Gasteiger partial charge < -0.3 is 0 Å². The normalized spacial score (nSPS) is 12.5. The van der Waals surface area contributed by atoms with Crippen LogP contribution >= 0.6 is 0 Å². The largest absolute Gasteiger partial charge is 0.434 e. The summed E-state index contributed by atoms with van der Waals surface area (Å²) in [6, 6.07) is 4.74. The second-order valence-corrected chi connectivity index (χ2v) is 4.11. The second-order valence-electron chi connectivity index (χ2n) is 4.11. The van der Waals surface area contributed by atoms with E-state index in [4.69, 9.17) is 0 Å². The molecule has 0 fully saturated rings. The average molecular weight is 309 g/mol. The summed E-state index contributed by atoms with van der Waals surface area (Å²) >= 11 is 0. The highest BCUT2D eigenvalue weighted by molar-refractivity contribution is 5.67. The van der Waals surface area contributed by atoms with E-state index in [2.05, 4.69) is 4.98 Å². The van der Waals surface area contributed by atoms with E-state index in [0.717, 1.165) is 24.3 Å². The molecule has 0 N–H and O–H groups in total. The maximum absolute atomic E-state index is 12.9. The number of pyridine rings is 1. The summed E-state index contributed by atoms with van der Waals surface area (Å²) in [6.45, 7) is 0. The van der Waals surface area contributed by atoms with Crippen LogP contribution in [0.25, 0.3) is 11.1 Å². The van der Waals surface area contributed by atoms with Gasteiger partial charge in [0.1, 0.15) is 0 Å². The van der Waals surface area contributed by atoms with E-state index < -0.39 is 35.1 Å². The molecule has 1 aromatic carbocycles. The minimum absolute atomic E-state index is 0.343. The Kier molecular flexibility index (Phi) is 3.65. The molecule has 0 spiro atoms. The minimum Gasteiger partial charge on any atom is -0.215 e. The van der Waals surface area contributed by atoms with Crippen LogP contribution in [0.4, 0.5) is 30.7 Å². The Balaban J connectivity index is 2.63. The molecule has 21 heavy (non-hydrogen) atoms. The molecule has 0 amide bonds. The van der Waals surface area contributed by atoms with Crippen molar-refractivity contribution in [2.75, 3.05) is 0 Å². The molecule has 0 aliphatic heterocycles. The van der Waals surface area contributed by atoms with Crippen molar-refractivity contribution in [3.8, 4) is 11.1 Å². The highest BCUT2D eigenvalue weighted by Crippen LogP contribution is 2.37. The van der Waals surface area contributed by atoms with Gasteiger partial charge in [-0.1, -0.05) is 12.1 Å². The average Bonchev–Trinajstić information content (AvgIpc) is 2.37. The summed E-state index contributed by atoms with van der Waals surface area (Å²) in [5.41, 5.74) is -3.63. The van der Waals surface area contributed by atoms with Gasteiger partial charge in [0.25, 0.3) is 0 Å². The maximum Gasteiger partial charge on any atom is 0.434 e. The molecule has 0 aliphatic rings. The van der Waals surface area contributed by atoms with Gasteiger partial charge >= 0.3 is 12.4 Å². The molecule has 0 atom stereocenters. The molecule has 2 rings (SSSR count). The Labute approximate surface area is 114 Å². The molecule has 0 radical (unpaired) electrons. The Morgan fingerprint density at radius 2 is 1.48 bits per heavy atom. The molecule has 1 aromatic heterocycles. The predicted molar refractivity (Wildman–Crippen MR) is 59.6 cm³/mol. The molecule has 0 aliphatic carbocycles. The van der Waals surface area contributed by atoms with Crippen molar-refractivity contribution in [3.05, 3.63) is 53.6 Å². The van der Waals surface area contributed by atoms with E-state index in [1.54, 1.807) is 0 Å². The Morgan fingerprint density at radius 3 is 2.05 bits per heavy atom. The van der Waals surface area contributed by atoms with Crippen LogP contribution in [0, 0.1) is 5.95 Å². The monoisotopic (exact) mass is 309 g/mol. The lowest BCUT2D eigenvalue weighted by atomic mass is 10.0. The summed E-state index contributed by atoms with van der Waals surface area (Å²) in [4.78, 5) is 2.74. The fourth-order valence-electron chi connectivity index (χ4n) is 1.75. The number of benzene rings is 1. The highest BCUT2D eigenvalue weighted by atomic mass is 19.4. The van der Waals surface area contributed by atoms with Gasteiger partial charge in [-0.05, 0) is 29.8 Å². The zero-order chi connectivity index (χ0) is 15.8. The van der Waals surface area contributed by atoms with E-state index in [1.807, 2.05) is 0 Å². The van der Waals surface area contributed by atoms with Crippen LogP contribution in [0.2, 0.25) is 0 Å². The molecule has 1 heterocycles. The van der Waals surface area contributed by atoms with Crippen molar-refractivity contribution in [2.24, 2.45) is 0 Å². The first kappa shape index (κ1) is 15.3. The van der Waals surface area contributed by atoms with Gasteiger partial charge in [0, 0.05) is 5.56 Å². The zero-order valence-electron chi connectivity index (χ0n) is 10.1. The summed E-state index contributed by atoms with van der Waals surface area (Å²) in [5, 5.41) is 0. The van der Waals surface area contributed by atoms with Gasteiger partial charge in [0.15, 0.2) is 5.69 Å². The standard InChI is InChI=1S/C13H6F7N/c14-10-5-4-9(11(21-10)13(18,19)20)7-2-1-3-8(6-7)12(15,16)17/h1-6H. The van der Waals surface area contributed by atoms with Gasteiger partial charge in [-0.15, -0.1) is 0 Å². The van der Waals surface area contributed by atoms with E-state index in [1.165, 1.54) is 0 Å². The molecule has 0 bridgehead atoms. The van der Waals surface area contributed by atoms with Crippen LogP contribution < -0.4 is 0 Å². The van der Waals surface area contributed by atoms with Crippen molar-refractivity contribution in [1.29, 1.82) is 0 Å². The molecular weight excluding hydrogens is 303 g/mol. The quantitative estimate of drug-likeness (QED) is 0.538. The van der Waals surface area contributed by atoms with Gasteiger partial charge in [-0.25, -0.2) is 4.98 Å². The SMILES string of the molecule is Fc1ccc(-c2cccc(C(F)(F)F)c2)c(C(F)(F)F)n1. The number of hydrogen-bond acceptors (Lipinski definition) is 1. The lowest BCUT2D eigenvalue weighted by Crippen LogP contribution is -2.11. The molecule has 8 heteroatoms. The lowest BCUT2D eigenvalue weighted by Gasteiger charge is -2.13. The number of halogens is 7. The lowest BCUT2D eigenvalue weighted by molar-refractivity contribution is -0.141. The van der Waals surface area contributed by atoms with E-state index >= 15 is 0 Å². The van der Waals surface area contributed by atoms with E-state index in [-0.39, 0.29) is 5.56 Å². The first-order valence-electron chi connectivity index (χ1n) is 5.50. The minimum atomic E-state index is -4.98. The van der Waals surface area contributed by atoms with Crippen LogP contribution in [-0.2, 0) is 12.4 Å². The Hall–Kier alpha value is -2.12. The third-order valence-corrected chi connectivity index (χ3v) is 2.63. The first-order chi connectivity index (χ1) is 9.59. The predicted octanol–water partition coefficient (Wildman–Crippen LogP) is 4.93. The Morgan fingerprint density at radius 1 is 0.810 bits per heavy atom. The van der Waals surface area contributed by atoms with Crippen LogP contribution in [-0.4, -0.2) is 4.98 Å². The summed E-state index contributed by atoms with van der Waals surface area (Å²) in [7, 11) is 0. The molecule has 2 aromatic rings. The van der Waals surface area contributed by atoms with Crippen LogP contribution in [0.5, 0.6) is 0 Å². The summed E-state index contributed by atoms with van der Waals surface area (Å²) < 4.78 is 89.0. The van der Waals surface area contributed by atoms with Crippen LogP contribution in [0.3, 0.4) is 0 Å². The van der Waals surface area contributed by atoms with Gasteiger partial charge in [0.2, 0.25) is 5.95 Å². The van der Waals surface area contributed by atoms with Crippen molar-refractivity contribution in [3.63, 3.8) is 0 Å². The van der Waals surface area contributed by atoms with Crippen molar-refractivity contribution >= 4 is 0 Å². The zero-order valence-corrected chi connectivity index (χ0v) is 10.1. The second kappa shape index (κ2) is 5.01. The molecule has 0 saturated carbocycles. The number of alkyl halides is 6. The number of rotatable bonds is 1. The highest BCUT2D eigenvalue weighted by Gasteiger charge is 2.37. The van der Waals surface area contributed by atoms with Crippen molar-refractivity contribution in [1.82, 2.24) is 4.98 Å². The van der Waals surface area contributed by atoms with Gasteiger partial charge in [-0.2, -0.15) is 30.7 Å². The summed E-state index contributed by atoms with van der Waals surface area (Å²) in [5.74, 6) is -1.36. The molecule has 112 valence electrons. The third kappa shape index (κ3) is 3.32. The number of hydrogen-bond donors (Lipinski definition) is 0. The third-order valence-electron chi connectivity index (χ3n) is 2.63. The van der Waals surface area contributed by atoms with E-state index in [0.29, 0.717) is 12.1 Å². The maximum atomic E-state index is 12.9. The smallest absolute Gasteiger partial charge is 0.215 e. The van der Waals surface area contributed by atoms with Crippen molar-refractivity contribution in [2.45, 2.75) is 12.4 Å². The number of nitrogens with zero attached hydrogens (tertiary/aromatic N) is 1. The van der Waals surface area contributed by atoms with Crippen LogP contribution in [0.1, 0.15) is 11.3 Å². The summed E-state index contributed by atoms with van der Waals surface area (Å²) in [6.07, 6.45) is -9.67. The molecular formula is C13H6F7N.